The van der Waals surface area contributed by atoms with E-state index in [0.29, 0.717) is 0 Å². The summed E-state index contributed by atoms with van der Waals surface area (Å²) in [4.78, 5) is 9.65. The Morgan fingerprint density at radius 1 is 0.378 bits per heavy atom. The van der Waals surface area contributed by atoms with Crippen LogP contribution in [0.3, 0.4) is 0 Å². The molecule has 0 aromatic heterocycles. The second-order valence-electron chi connectivity index (χ2n) is 19.7. The number of hydrogen-bond acceptors (Lipinski definition) is 4. The maximum absolute atomic E-state index is 2.50. The minimum atomic E-state index is -0.222. The van der Waals surface area contributed by atoms with Crippen LogP contribution in [0.5, 0.6) is 0 Å². The van der Waals surface area contributed by atoms with Crippen molar-refractivity contribution in [3.8, 4) is 0 Å². The molecule has 74 heavy (non-hydrogen) atoms. The summed E-state index contributed by atoms with van der Waals surface area (Å²) in [5, 5.41) is 4.88. The second-order valence-corrected chi connectivity index (χ2v) is 19.7. The van der Waals surface area contributed by atoms with Crippen LogP contribution in [0.4, 0.5) is 51.2 Å². The molecule has 358 valence electrons. The summed E-state index contributed by atoms with van der Waals surface area (Å²) in [5.41, 5.74) is 15.0. The first-order valence-corrected chi connectivity index (χ1v) is 25.9. The molecule has 0 spiro atoms. The Balaban J connectivity index is 0.884. The maximum Gasteiger partial charge on any atom is 0.0539 e. The Labute approximate surface area is 436 Å². The van der Waals surface area contributed by atoms with Gasteiger partial charge >= 0.3 is 0 Å². The number of fused-ring (bicyclic) bond motifs is 2. The van der Waals surface area contributed by atoms with Crippen LogP contribution in [-0.2, 0) is 5.41 Å². The zero-order valence-corrected chi connectivity index (χ0v) is 41.9. The van der Waals surface area contributed by atoms with E-state index in [1.807, 2.05) is 0 Å². The average Bonchev–Trinajstić information content (AvgIpc) is 3.46. The van der Waals surface area contributed by atoms with E-state index in [1.165, 1.54) is 44.2 Å². The van der Waals surface area contributed by atoms with Crippen LogP contribution in [0.1, 0.15) is 32.3 Å². The van der Waals surface area contributed by atoms with E-state index >= 15 is 0 Å². The quantitative estimate of drug-likeness (QED) is 0.114. The number of allylic oxidation sites excluding steroid dienone is 7. The van der Waals surface area contributed by atoms with Gasteiger partial charge in [0.2, 0.25) is 0 Å². The fourth-order valence-electron chi connectivity index (χ4n) is 11.0. The molecule has 2 unspecified atom stereocenters. The lowest BCUT2D eigenvalue weighted by atomic mass is 9.76. The monoisotopic (exact) mass is 954 g/mol. The molecule has 0 heterocycles. The van der Waals surface area contributed by atoms with Crippen LogP contribution in [0.15, 0.2) is 302 Å². The predicted octanol–water partition coefficient (Wildman–Crippen LogP) is 19.2. The standard InChI is InChI=1S/C70H58N4/c1-52-51-64(72(58-29-11-5-12-30-58)59-31-13-6-14-32-59)45-46-67(52)74(69-36-20-24-54-22-16-18-34-66(54)69)62-39-37-55(38-40-62)70(2)49-47-63(48-50-70)73(68-35-19-23-53-21-15-17-33-65(53)68)61-43-41-60(42-44-61)71(56-25-7-3-8-26-56)57-27-9-4-10-28-57/h3-49,52H,50-51H2,1-2H3. The number of hydrogen-bond donors (Lipinski definition) is 0. The molecule has 10 aromatic carbocycles. The molecule has 0 N–H and O–H groups in total. The van der Waals surface area contributed by atoms with E-state index in [4.69, 9.17) is 0 Å². The van der Waals surface area contributed by atoms with Crippen molar-refractivity contribution in [2.45, 2.75) is 32.1 Å². The van der Waals surface area contributed by atoms with Crippen LogP contribution in [-0.4, -0.2) is 0 Å². The van der Waals surface area contributed by atoms with Gasteiger partial charge in [-0.1, -0.05) is 184 Å². The minimum Gasteiger partial charge on any atom is -0.314 e. The molecule has 0 saturated carbocycles. The molecule has 0 bridgehead atoms. The Morgan fingerprint density at radius 2 is 0.784 bits per heavy atom. The van der Waals surface area contributed by atoms with Gasteiger partial charge in [0.05, 0.1) is 11.4 Å². The normalized spacial score (nSPS) is 16.2. The number of para-hydroxylation sites is 4. The first-order chi connectivity index (χ1) is 36.5. The lowest BCUT2D eigenvalue weighted by molar-refractivity contribution is 0.595. The highest BCUT2D eigenvalue weighted by Crippen LogP contribution is 2.46. The first kappa shape index (κ1) is 46.0. The van der Waals surface area contributed by atoms with Crippen molar-refractivity contribution >= 4 is 72.7 Å². The van der Waals surface area contributed by atoms with Gasteiger partial charge in [0.1, 0.15) is 0 Å². The van der Waals surface area contributed by atoms with Gasteiger partial charge in [0.15, 0.2) is 0 Å². The third kappa shape index (κ3) is 8.97. The summed E-state index contributed by atoms with van der Waals surface area (Å²) in [5.74, 6) is 0.221. The summed E-state index contributed by atoms with van der Waals surface area (Å²) in [6.07, 6.45) is 13.6. The lowest BCUT2D eigenvalue weighted by Crippen LogP contribution is -2.27. The predicted molar refractivity (Wildman–Crippen MR) is 314 cm³/mol. The third-order valence-electron chi connectivity index (χ3n) is 14.9. The number of rotatable bonds is 13. The van der Waals surface area contributed by atoms with Crippen molar-refractivity contribution in [2.75, 3.05) is 19.6 Å². The summed E-state index contributed by atoms with van der Waals surface area (Å²) in [6, 6.07) is 91.9. The molecule has 4 heteroatoms. The van der Waals surface area contributed by atoms with Crippen LogP contribution in [0, 0.1) is 5.92 Å². The van der Waals surface area contributed by atoms with Crippen molar-refractivity contribution in [3.05, 3.63) is 308 Å². The van der Waals surface area contributed by atoms with Crippen molar-refractivity contribution in [3.63, 3.8) is 0 Å². The van der Waals surface area contributed by atoms with E-state index in [0.717, 1.165) is 64.0 Å². The molecule has 2 atom stereocenters. The highest BCUT2D eigenvalue weighted by atomic mass is 15.2. The zero-order chi connectivity index (χ0) is 49.8. The highest BCUT2D eigenvalue weighted by molar-refractivity contribution is 5.99. The number of nitrogens with zero attached hydrogens (tertiary/aromatic N) is 4. The van der Waals surface area contributed by atoms with E-state index in [2.05, 4.69) is 319 Å². The Morgan fingerprint density at radius 3 is 1.27 bits per heavy atom. The Bertz CT molecular complexity index is 3600. The molecular weight excluding hydrogens is 897 g/mol. The number of benzene rings is 10. The molecule has 0 aliphatic heterocycles. The molecule has 2 aliphatic rings. The van der Waals surface area contributed by atoms with Gasteiger partial charge in [-0.2, -0.15) is 0 Å². The zero-order valence-electron chi connectivity index (χ0n) is 41.9. The highest BCUT2D eigenvalue weighted by Gasteiger charge is 2.30. The van der Waals surface area contributed by atoms with E-state index in [-0.39, 0.29) is 11.3 Å². The largest absolute Gasteiger partial charge is 0.314 e. The van der Waals surface area contributed by atoms with Gasteiger partial charge < -0.3 is 19.6 Å². The summed E-state index contributed by atoms with van der Waals surface area (Å²) < 4.78 is 0. The first-order valence-electron chi connectivity index (χ1n) is 25.9. The third-order valence-corrected chi connectivity index (χ3v) is 14.9. The molecule has 12 rings (SSSR count). The van der Waals surface area contributed by atoms with Gasteiger partial charge in [0.25, 0.3) is 0 Å². The fraction of sp³-hybridized carbons (Fsp3) is 0.0857. The Hall–Kier alpha value is -9.12. The molecule has 10 aromatic rings. The molecule has 0 radical (unpaired) electrons. The molecular formula is C70H58N4. The topological polar surface area (TPSA) is 13.0 Å². The van der Waals surface area contributed by atoms with Gasteiger partial charge in [-0.15, -0.1) is 0 Å². The van der Waals surface area contributed by atoms with Gasteiger partial charge in [-0.05, 0) is 144 Å². The van der Waals surface area contributed by atoms with Crippen molar-refractivity contribution < 1.29 is 0 Å². The molecule has 0 fully saturated rings. The summed E-state index contributed by atoms with van der Waals surface area (Å²) in [6.45, 7) is 4.74. The van der Waals surface area contributed by atoms with E-state index < -0.39 is 0 Å². The van der Waals surface area contributed by atoms with Crippen LogP contribution in [0.2, 0.25) is 0 Å². The van der Waals surface area contributed by atoms with Crippen molar-refractivity contribution in [1.29, 1.82) is 0 Å². The SMILES string of the molecule is CC1CC(N(c2ccccc2)c2ccccc2)=CC=C1N(c1ccc(C2(C)C=CC(N(c3ccc(N(c4ccccc4)c4ccccc4)cc3)c3cccc4ccccc34)=CC2)cc1)c1cccc2ccccc12. The van der Waals surface area contributed by atoms with Gasteiger partial charge in [-0.3, -0.25) is 0 Å². The molecule has 2 aliphatic carbocycles. The molecule has 4 nitrogen and oxygen atoms in total. The smallest absolute Gasteiger partial charge is 0.0539 e. The maximum atomic E-state index is 2.50. The van der Waals surface area contributed by atoms with Crippen LogP contribution in [0.25, 0.3) is 21.5 Å². The van der Waals surface area contributed by atoms with E-state index in [1.54, 1.807) is 0 Å². The Kier molecular flexibility index (Phi) is 12.5. The van der Waals surface area contributed by atoms with Crippen molar-refractivity contribution in [2.24, 2.45) is 5.92 Å². The average molecular weight is 955 g/mol. The number of anilines is 9. The minimum absolute atomic E-state index is 0.221. The van der Waals surface area contributed by atoms with Crippen LogP contribution < -0.4 is 19.6 Å². The lowest BCUT2D eigenvalue weighted by Gasteiger charge is -2.37. The summed E-state index contributed by atoms with van der Waals surface area (Å²) in [7, 11) is 0. The fourth-order valence-corrected chi connectivity index (χ4v) is 11.0. The van der Waals surface area contributed by atoms with Gasteiger partial charge in [-0.25, -0.2) is 0 Å². The van der Waals surface area contributed by atoms with Crippen LogP contribution >= 0.6 is 0 Å². The van der Waals surface area contributed by atoms with Crippen molar-refractivity contribution in [1.82, 2.24) is 0 Å². The molecule has 0 saturated heterocycles. The summed E-state index contributed by atoms with van der Waals surface area (Å²) >= 11 is 0. The van der Waals surface area contributed by atoms with E-state index in [9.17, 15) is 0 Å². The van der Waals surface area contributed by atoms with Gasteiger partial charge in [0, 0.05) is 79.0 Å². The molecule has 0 amide bonds. The second kappa shape index (κ2) is 20.2.